The highest BCUT2D eigenvalue weighted by Crippen LogP contribution is 2.45. The van der Waals surface area contributed by atoms with Gasteiger partial charge < -0.3 is 33.8 Å². The topological polar surface area (TPSA) is 237 Å². The first kappa shape index (κ1) is 86.1. The molecule has 0 heterocycles. The molecule has 3 N–H and O–H groups in total. The van der Waals surface area contributed by atoms with Gasteiger partial charge >= 0.3 is 39.5 Å². The molecule has 0 aromatic carbocycles. The van der Waals surface area contributed by atoms with Gasteiger partial charge in [0.1, 0.15) is 19.3 Å². The number of aliphatic hydroxyl groups excluding tert-OH is 1. The molecule has 0 radical (unpaired) electrons. The fourth-order valence-electron chi connectivity index (χ4n) is 10.5. The lowest BCUT2D eigenvalue weighted by Gasteiger charge is -2.21. The second-order valence-corrected chi connectivity index (χ2v) is 28.3. The highest BCUT2D eigenvalue weighted by molar-refractivity contribution is 7.47. The molecule has 522 valence electrons. The Kier molecular flexibility index (Phi) is 61.1. The molecule has 0 rings (SSSR count). The fourth-order valence-corrected chi connectivity index (χ4v) is 12.0. The average molecular weight is 1300 g/mol. The highest BCUT2D eigenvalue weighted by Gasteiger charge is 2.30. The molecule has 0 saturated carbocycles. The van der Waals surface area contributed by atoms with Crippen molar-refractivity contribution in [3.63, 3.8) is 0 Å². The third kappa shape index (κ3) is 62.8. The van der Waals surface area contributed by atoms with Crippen molar-refractivity contribution in [2.45, 2.75) is 374 Å². The number of esters is 4. The molecule has 0 amide bonds. The van der Waals surface area contributed by atoms with Crippen molar-refractivity contribution in [3.05, 3.63) is 0 Å². The molecular weight excluding hydrogens is 1160 g/mol. The van der Waals surface area contributed by atoms with E-state index in [1.807, 2.05) is 0 Å². The molecular formula is C69H134O17P2. The van der Waals surface area contributed by atoms with Gasteiger partial charge in [-0.15, -0.1) is 0 Å². The van der Waals surface area contributed by atoms with Crippen molar-refractivity contribution >= 4 is 39.5 Å². The van der Waals surface area contributed by atoms with E-state index in [0.717, 1.165) is 109 Å². The molecule has 17 nitrogen and oxygen atoms in total. The zero-order valence-corrected chi connectivity index (χ0v) is 58.6. The lowest BCUT2D eigenvalue weighted by atomic mass is 10.0. The number of rotatable bonds is 69. The summed E-state index contributed by atoms with van der Waals surface area (Å²) in [5.74, 6) is -1.38. The van der Waals surface area contributed by atoms with E-state index in [9.17, 15) is 43.2 Å². The van der Waals surface area contributed by atoms with Crippen molar-refractivity contribution in [2.24, 2.45) is 5.92 Å². The second-order valence-electron chi connectivity index (χ2n) is 25.4. The van der Waals surface area contributed by atoms with Crippen molar-refractivity contribution in [1.82, 2.24) is 0 Å². The summed E-state index contributed by atoms with van der Waals surface area (Å²) in [6.45, 7) is 7.18. The van der Waals surface area contributed by atoms with Crippen LogP contribution in [0.15, 0.2) is 0 Å². The summed E-state index contributed by atoms with van der Waals surface area (Å²) in [4.78, 5) is 72.4. The Hall–Kier alpha value is -1.94. The Balaban J connectivity index is 5.19. The number of carbonyl (C=O) groups excluding carboxylic acids is 4. The van der Waals surface area contributed by atoms with Crippen LogP contribution < -0.4 is 0 Å². The molecule has 0 aliphatic rings. The van der Waals surface area contributed by atoms with E-state index in [0.29, 0.717) is 25.7 Å². The van der Waals surface area contributed by atoms with E-state index in [1.165, 1.54) is 167 Å². The Morgan fingerprint density at radius 2 is 0.523 bits per heavy atom. The van der Waals surface area contributed by atoms with Gasteiger partial charge in [-0.05, 0) is 31.6 Å². The Morgan fingerprint density at radius 1 is 0.307 bits per heavy atom. The first-order chi connectivity index (χ1) is 42.5. The van der Waals surface area contributed by atoms with Gasteiger partial charge in [0.25, 0.3) is 0 Å². The number of phosphoric ester groups is 2. The minimum atomic E-state index is -4.95. The molecule has 0 fully saturated rings. The van der Waals surface area contributed by atoms with Crippen LogP contribution in [0.1, 0.15) is 356 Å². The molecule has 0 aromatic rings. The second kappa shape index (κ2) is 62.5. The van der Waals surface area contributed by atoms with Crippen LogP contribution in [-0.4, -0.2) is 96.7 Å². The maximum absolute atomic E-state index is 13.0. The van der Waals surface area contributed by atoms with Crippen molar-refractivity contribution in [1.29, 1.82) is 0 Å². The zero-order valence-electron chi connectivity index (χ0n) is 56.9. The summed E-state index contributed by atoms with van der Waals surface area (Å²) in [7, 11) is -9.89. The Morgan fingerprint density at radius 3 is 0.773 bits per heavy atom. The van der Waals surface area contributed by atoms with Gasteiger partial charge in [-0.3, -0.25) is 37.3 Å². The molecule has 88 heavy (non-hydrogen) atoms. The third-order valence-electron chi connectivity index (χ3n) is 16.0. The van der Waals surface area contributed by atoms with E-state index in [4.69, 9.17) is 37.0 Å². The SMILES string of the molecule is CCCCCCCCCCCCCCCCCCCC(=O)O[C@H](COC(=O)CCCCCCCCCCCC(C)C)COP(=O)(O)OC[C@@H](O)COP(=O)(O)OC[C@@H](COC(=O)CCCCCCCCC)OC(=O)CCCCCCCCCCCCCC. The van der Waals surface area contributed by atoms with E-state index in [1.54, 1.807) is 0 Å². The standard InChI is InChI=1S/C69H134O17P2/c1-6-9-12-15-18-20-22-24-25-26-27-28-30-34-40-45-50-55-69(74)86-65(59-80-67(72)53-48-43-38-35-31-32-37-41-46-51-62(4)5)61-84-88(77,78)82-57-63(70)56-81-87(75,76)83-60-64(58-79-66(71)52-47-42-36-17-14-11-8-3)85-68(73)54-49-44-39-33-29-23-21-19-16-13-10-7-2/h62-65,70H,6-61H2,1-5H3,(H,75,76)(H,77,78)/t63-,64+,65+/m0/s1. The summed E-state index contributed by atoms with van der Waals surface area (Å²) in [6.07, 6.45) is 48.6. The van der Waals surface area contributed by atoms with Crippen molar-refractivity contribution in [3.8, 4) is 0 Å². The van der Waals surface area contributed by atoms with Gasteiger partial charge in [0.2, 0.25) is 0 Å². The summed E-state index contributed by atoms with van der Waals surface area (Å²) in [5.41, 5.74) is 0. The number of hydrogen-bond donors (Lipinski definition) is 3. The number of ether oxygens (including phenoxy) is 4. The molecule has 0 spiro atoms. The van der Waals surface area contributed by atoms with Crippen LogP contribution in [0.25, 0.3) is 0 Å². The van der Waals surface area contributed by atoms with Crippen LogP contribution in [0.2, 0.25) is 0 Å². The number of hydrogen-bond acceptors (Lipinski definition) is 15. The lowest BCUT2D eigenvalue weighted by Crippen LogP contribution is -2.30. The zero-order chi connectivity index (χ0) is 64.9. The lowest BCUT2D eigenvalue weighted by molar-refractivity contribution is -0.161. The monoisotopic (exact) mass is 1300 g/mol. The normalized spacial score (nSPS) is 14.1. The summed E-state index contributed by atoms with van der Waals surface area (Å²) in [5, 5.41) is 10.6. The predicted molar refractivity (Wildman–Crippen MR) is 354 cm³/mol. The molecule has 5 atom stereocenters. The van der Waals surface area contributed by atoms with Crippen LogP contribution in [-0.2, 0) is 65.4 Å². The first-order valence-corrected chi connectivity index (χ1v) is 39.1. The smallest absolute Gasteiger partial charge is 0.462 e. The molecule has 0 aliphatic heterocycles. The number of phosphoric acid groups is 2. The Labute approximate surface area is 537 Å². The van der Waals surface area contributed by atoms with E-state index < -0.39 is 97.5 Å². The number of carbonyl (C=O) groups is 4. The highest BCUT2D eigenvalue weighted by atomic mass is 31.2. The van der Waals surface area contributed by atoms with E-state index in [2.05, 4.69) is 34.6 Å². The molecule has 0 aromatic heterocycles. The molecule has 0 aliphatic carbocycles. The maximum Gasteiger partial charge on any atom is 0.472 e. The third-order valence-corrected chi connectivity index (χ3v) is 17.9. The molecule has 0 bridgehead atoms. The number of aliphatic hydroxyl groups is 1. The molecule has 0 saturated heterocycles. The van der Waals surface area contributed by atoms with Crippen LogP contribution in [0.5, 0.6) is 0 Å². The van der Waals surface area contributed by atoms with Gasteiger partial charge in [-0.1, -0.05) is 304 Å². The van der Waals surface area contributed by atoms with Crippen LogP contribution in [0.3, 0.4) is 0 Å². The van der Waals surface area contributed by atoms with Gasteiger partial charge in [0.05, 0.1) is 26.4 Å². The van der Waals surface area contributed by atoms with Gasteiger partial charge in [-0.2, -0.15) is 0 Å². The van der Waals surface area contributed by atoms with Gasteiger partial charge in [-0.25, -0.2) is 9.13 Å². The van der Waals surface area contributed by atoms with Crippen LogP contribution >= 0.6 is 15.6 Å². The van der Waals surface area contributed by atoms with Crippen LogP contribution in [0.4, 0.5) is 0 Å². The summed E-state index contributed by atoms with van der Waals surface area (Å²) >= 11 is 0. The number of unbranched alkanes of at least 4 members (excludes halogenated alkanes) is 41. The Bertz CT molecular complexity index is 1700. The predicted octanol–water partition coefficient (Wildman–Crippen LogP) is 19.7. The largest absolute Gasteiger partial charge is 0.472 e. The van der Waals surface area contributed by atoms with E-state index in [-0.39, 0.29) is 25.7 Å². The van der Waals surface area contributed by atoms with Crippen molar-refractivity contribution in [2.75, 3.05) is 39.6 Å². The van der Waals surface area contributed by atoms with Crippen LogP contribution in [0, 0.1) is 5.92 Å². The summed E-state index contributed by atoms with van der Waals surface area (Å²) < 4.78 is 68.1. The van der Waals surface area contributed by atoms with Gasteiger partial charge in [0, 0.05) is 25.7 Å². The molecule has 2 unspecified atom stereocenters. The maximum atomic E-state index is 13.0. The fraction of sp³-hybridized carbons (Fsp3) is 0.942. The average Bonchev–Trinajstić information content (AvgIpc) is 3.64. The molecule has 19 heteroatoms. The first-order valence-electron chi connectivity index (χ1n) is 36.1. The minimum Gasteiger partial charge on any atom is -0.462 e. The van der Waals surface area contributed by atoms with E-state index >= 15 is 0 Å². The summed E-state index contributed by atoms with van der Waals surface area (Å²) in [6, 6.07) is 0. The van der Waals surface area contributed by atoms with Gasteiger partial charge in [0.15, 0.2) is 12.2 Å². The van der Waals surface area contributed by atoms with Crippen molar-refractivity contribution < 1.29 is 80.2 Å². The minimum absolute atomic E-state index is 0.107. The quantitative estimate of drug-likeness (QED) is 0.0222.